The first-order chi connectivity index (χ1) is 16.1. The van der Waals surface area contributed by atoms with Gasteiger partial charge in [0.1, 0.15) is 29.8 Å². The summed E-state index contributed by atoms with van der Waals surface area (Å²) in [6, 6.07) is 7.45. The molecular weight excluding hydrogens is 456 g/mol. The second-order valence-corrected chi connectivity index (χ2v) is 8.20. The third kappa shape index (κ3) is 7.25. The average Bonchev–Trinajstić information content (AvgIpc) is 3.15. The lowest BCUT2D eigenvalue weighted by Crippen LogP contribution is -2.32. The molecule has 0 bridgehead atoms. The SMILES string of the molecule is C=C(C)C(=O)OCCN(CCOC(=O)C(=C)C)c1ccc(NNc2snc(C)c2C#N)c(N)c1. The van der Waals surface area contributed by atoms with Crippen LogP contribution in [0.1, 0.15) is 25.1 Å². The molecule has 11 heteroatoms. The van der Waals surface area contributed by atoms with Crippen LogP contribution < -0.4 is 21.5 Å². The van der Waals surface area contributed by atoms with Crippen molar-refractivity contribution < 1.29 is 19.1 Å². The van der Waals surface area contributed by atoms with Gasteiger partial charge in [-0.15, -0.1) is 0 Å². The van der Waals surface area contributed by atoms with Crippen molar-refractivity contribution in [3.8, 4) is 6.07 Å². The van der Waals surface area contributed by atoms with Gasteiger partial charge in [0.15, 0.2) is 0 Å². The normalized spacial score (nSPS) is 10.1. The minimum absolute atomic E-state index is 0.114. The zero-order valence-corrected chi connectivity index (χ0v) is 20.3. The lowest BCUT2D eigenvalue weighted by molar-refractivity contribution is -0.139. The number of nitrogens with zero attached hydrogens (tertiary/aromatic N) is 3. The summed E-state index contributed by atoms with van der Waals surface area (Å²) in [6.07, 6.45) is 0. The number of nitrogen functional groups attached to an aromatic ring is 1. The molecule has 0 aliphatic heterocycles. The van der Waals surface area contributed by atoms with E-state index in [0.717, 1.165) is 5.69 Å². The molecular formula is C23H28N6O4S. The number of esters is 2. The van der Waals surface area contributed by atoms with E-state index in [-0.39, 0.29) is 13.2 Å². The van der Waals surface area contributed by atoms with Gasteiger partial charge in [-0.2, -0.15) is 9.64 Å². The van der Waals surface area contributed by atoms with E-state index in [4.69, 9.17) is 15.2 Å². The first kappa shape index (κ1) is 26.2. The largest absolute Gasteiger partial charge is 0.460 e. The smallest absolute Gasteiger partial charge is 0.333 e. The molecule has 0 saturated carbocycles. The molecule has 10 nitrogen and oxygen atoms in total. The van der Waals surface area contributed by atoms with Crippen molar-refractivity contribution in [1.29, 1.82) is 5.26 Å². The van der Waals surface area contributed by atoms with Crippen LogP contribution in [0.5, 0.6) is 0 Å². The van der Waals surface area contributed by atoms with Crippen molar-refractivity contribution in [1.82, 2.24) is 4.37 Å². The molecule has 0 amide bonds. The molecule has 34 heavy (non-hydrogen) atoms. The molecule has 0 aliphatic rings. The Kier molecular flexibility index (Phi) is 9.46. The quantitative estimate of drug-likeness (QED) is 0.177. The molecule has 1 aromatic heterocycles. The zero-order chi connectivity index (χ0) is 25.3. The highest BCUT2D eigenvalue weighted by molar-refractivity contribution is 7.10. The number of hydrogen-bond donors (Lipinski definition) is 3. The molecule has 0 radical (unpaired) electrons. The van der Waals surface area contributed by atoms with Crippen molar-refractivity contribution >= 4 is 45.5 Å². The molecule has 0 unspecified atom stereocenters. The van der Waals surface area contributed by atoms with Gasteiger partial charge in [0.05, 0.1) is 30.2 Å². The minimum Gasteiger partial charge on any atom is -0.460 e. The third-order valence-electron chi connectivity index (χ3n) is 4.57. The fourth-order valence-corrected chi connectivity index (χ4v) is 3.39. The van der Waals surface area contributed by atoms with Crippen LogP contribution in [0.4, 0.5) is 22.1 Å². The summed E-state index contributed by atoms with van der Waals surface area (Å²) >= 11 is 1.17. The number of hydrogen-bond acceptors (Lipinski definition) is 11. The summed E-state index contributed by atoms with van der Waals surface area (Å²) in [5.41, 5.74) is 15.7. The average molecular weight is 485 g/mol. The van der Waals surface area contributed by atoms with Crippen LogP contribution in [0.25, 0.3) is 0 Å². The number of rotatable bonds is 12. The van der Waals surface area contributed by atoms with Crippen LogP contribution >= 0.6 is 11.5 Å². The van der Waals surface area contributed by atoms with E-state index in [9.17, 15) is 14.9 Å². The molecule has 180 valence electrons. The number of nitrogens with one attached hydrogen (secondary N) is 2. The Morgan fingerprint density at radius 1 is 1.15 bits per heavy atom. The number of carbonyl (C=O) groups excluding carboxylic acids is 2. The molecule has 0 fully saturated rings. The summed E-state index contributed by atoms with van der Waals surface area (Å²) in [5, 5.41) is 9.84. The topological polar surface area (TPSA) is 143 Å². The van der Waals surface area contributed by atoms with E-state index in [1.54, 1.807) is 32.9 Å². The van der Waals surface area contributed by atoms with Crippen LogP contribution in [0.15, 0.2) is 42.5 Å². The van der Waals surface area contributed by atoms with Gasteiger partial charge in [0, 0.05) is 16.8 Å². The van der Waals surface area contributed by atoms with Crippen LogP contribution in [0.2, 0.25) is 0 Å². The predicted molar refractivity (Wildman–Crippen MR) is 133 cm³/mol. The number of aryl methyl sites for hydroxylation is 1. The summed E-state index contributed by atoms with van der Waals surface area (Å²) in [4.78, 5) is 25.3. The van der Waals surface area contributed by atoms with Gasteiger partial charge in [0.2, 0.25) is 0 Å². The predicted octanol–water partition coefficient (Wildman–Crippen LogP) is 3.39. The molecule has 2 rings (SSSR count). The van der Waals surface area contributed by atoms with Gasteiger partial charge >= 0.3 is 11.9 Å². The third-order valence-corrected chi connectivity index (χ3v) is 5.43. The van der Waals surface area contributed by atoms with Crippen molar-refractivity contribution in [2.24, 2.45) is 0 Å². The number of nitriles is 1. The van der Waals surface area contributed by atoms with Gasteiger partial charge in [-0.25, -0.2) is 9.59 Å². The van der Waals surface area contributed by atoms with Gasteiger partial charge in [-0.05, 0) is 50.5 Å². The summed E-state index contributed by atoms with van der Waals surface area (Å²) in [6.45, 7) is 13.0. The van der Waals surface area contributed by atoms with Crippen LogP contribution in [0.3, 0.4) is 0 Å². The van der Waals surface area contributed by atoms with E-state index in [1.807, 2.05) is 11.0 Å². The fourth-order valence-electron chi connectivity index (χ4n) is 2.68. The number of ether oxygens (including phenoxy) is 2. The van der Waals surface area contributed by atoms with Crippen molar-refractivity contribution in [2.75, 3.05) is 47.8 Å². The molecule has 0 aliphatic carbocycles. The van der Waals surface area contributed by atoms with Gasteiger partial charge in [0.25, 0.3) is 0 Å². The van der Waals surface area contributed by atoms with Gasteiger partial charge in [-0.1, -0.05) is 13.2 Å². The Bertz CT molecular complexity index is 1090. The van der Waals surface area contributed by atoms with Gasteiger partial charge < -0.3 is 20.1 Å². The maximum absolute atomic E-state index is 11.7. The Balaban J connectivity index is 2.10. The van der Waals surface area contributed by atoms with Gasteiger partial charge in [-0.3, -0.25) is 10.9 Å². The van der Waals surface area contributed by atoms with Crippen LogP contribution in [-0.2, 0) is 19.1 Å². The van der Waals surface area contributed by atoms with E-state index >= 15 is 0 Å². The molecule has 0 spiro atoms. The number of benzene rings is 1. The monoisotopic (exact) mass is 484 g/mol. The van der Waals surface area contributed by atoms with Crippen molar-refractivity contribution in [2.45, 2.75) is 20.8 Å². The van der Waals surface area contributed by atoms with Crippen LogP contribution in [-0.4, -0.2) is 42.6 Å². The lowest BCUT2D eigenvalue weighted by Gasteiger charge is -2.25. The van der Waals surface area contributed by atoms with E-state index in [1.165, 1.54) is 11.5 Å². The minimum atomic E-state index is -0.478. The number of aromatic nitrogens is 1. The lowest BCUT2D eigenvalue weighted by atomic mass is 10.2. The zero-order valence-electron chi connectivity index (χ0n) is 19.4. The highest BCUT2D eigenvalue weighted by Gasteiger charge is 2.14. The summed E-state index contributed by atoms with van der Waals surface area (Å²) in [7, 11) is 0. The molecule has 1 heterocycles. The van der Waals surface area contributed by atoms with Crippen molar-refractivity contribution in [3.63, 3.8) is 0 Å². The number of carbonyl (C=O) groups is 2. The summed E-state index contributed by atoms with van der Waals surface area (Å²) in [5.74, 6) is -0.956. The molecule has 2 aromatic rings. The Morgan fingerprint density at radius 3 is 2.24 bits per heavy atom. The number of hydrazine groups is 1. The fraction of sp³-hybridized carbons (Fsp3) is 0.304. The number of nitrogens with two attached hydrogens (primary N) is 1. The summed E-state index contributed by atoms with van der Waals surface area (Å²) < 4.78 is 14.6. The highest BCUT2D eigenvalue weighted by Crippen LogP contribution is 2.28. The van der Waals surface area contributed by atoms with Crippen molar-refractivity contribution in [3.05, 3.63) is 53.8 Å². The first-order valence-corrected chi connectivity index (χ1v) is 11.1. The molecule has 4 N–H and O–H groups in total. The molecule has 0 atom stereocenters. The van der Waals surface area contributed by atoms with Crippen LogP contribution in [0, 0.1) is 18.3 Å². The Labute approximate surface area is 202 Å². The maximum atomic E-state index is 11.7. The maximum Gasteiger partial charge on any atom is 0.333 e. The second-order valence-electron chi connectivity index (χ2n) is 7.43. The standard InChI is InChI=1S/C23H28N6O4S/c1-14(2)22(30)32-10-8-29(9-11-33-23(31)15(3)4)17-6-7-20(19(25)12-17)26-27-21-18(13-24)16(5)28-34-21/h6-7,12,26-27H,1,3,8-11,25H2,2,4-5H3. The first-order valence-electron chi connectivity index (χ1n) is 10.3. The van der Waals surface area contributed by atoms with E-state index in [0.29, 0.717) is 51.9 Å². The highest BCUT2D eigenvalue weighted by atomic mass is 32.1. The second kappa shape index (κ2) is 12.3. The molecule has 0 saturated heterocycles. The Hall–Kier alpha value is -4.04. The van der Waals surface area contributed by atoms with E-state index < -0.39 is 11.9 Å². The van der Waals surface area contributed by atoms with E-state index in [2.05, 4.69) is 34.5 Å². The Morgan fingerprint density at radius 2 is 1.74 bits per heavy atom. The number of anilines is 4. The molecule has 1 aromatic carbocycles.